The van der Waals surface area contributed by atoms with Crippen LogP contribution in [0.3, 0.4) is 0 Å². The second-order valence-electron chi connectivity index (χ2n) is 6.55. The van der Waals surface area contributed by atoms with Crippen LogP contribution in [0.25, 0.3) is 0 Å². The van der Waals surface area contributed by atoms with Crippen LogP contribution in [0.1, 0.15) is 44.4 Å². The van der Waals surface area contributed by atoms with E-state index in [9.17, 15) is 9.59 Å². The SMILES string of the molecule is Cc1cccc(C(C)(C=O)N(C)C(=O)OC(C)(C)C)c1C. The molecule has 4 nitrogen and oxygen atoms in total. The van der Waals surface area contributed by atoms with Gasteiger partial charge >= 0.3 is 6.09 Å². The maximum absolute atomic E-state index is 12.3. The lowest BCUT2D eigenvalue weighted by molar-refractivity contribution is -0.117. The van der Waals surface area contributed by atoms with E-state index in [2.05, 4.69) is 0 Å². The average molecular weight is 291 g/mol. The summed E-state index contributed by atoms with van der Waals surface area (Å²) >= 11 is 0. The van der Waals surface area contributed by atoms with E-state index < -0.39 is 17.2 Å². The van der Waals surface area contributed by atoms with E-state index in [1.165, 1.54) is 4.90 Å². The van der Waals surface area contributed by atoms with Crippen molar-refractivity contribution in [3.63, 3.8) is 0 Å². The quantitative estimate of drug-likeness (QED) is 0.800. The van der Waals surface area contributed by atoms with Crippen molar-refractivity contribution in [2.75, 3.05) is 7.05 Å². The van der Waals surface area contributed by atoms with Crippen molar-refractivity contribution in [1.29, 1.82) is 0 Å². The fourth-order valence-electron chi connectivity index (χ4n) is 2.14. The van der Waals surface area contributed by atoms with Gasteiger partial charge in [-0.25, -0.2) is 4.79 Å². The Morgan fingerprint density at radius 3 is 2.24 bits per heavy atom. The van der Waals surface area contributed by atoms with E-state index in [-0.39, 0.29) is 0 Å². The third kappa shape index (κ3) is 3.63. The zero-order valence-electron chi connectivity index (χ0n) is 14.0. The molecule has 1 atom stereocenters. The van der Waals surface area contributed by atoms with Crippen LogP contribution < -0.4 is 0 Å². The molecule has 0 saturated heterocycles. The Morgan fingerprint density at radius 1 is 1.19 bits per heavy atom. The van der Waals surface area contributed by atoms with Gasteiger partial charge in [-0.3, -0.25) is 4.90 Å². The van der Waals surface area contributed by atoms with Crippen LogP contribution >= 0.6 is 0 Å². The highest BCUT2D eigenvalue weighted by Crippen LogP contribution is 2.30. The molecular weight excluding hydrogens is 266 g/mol. The molecule has 0 fully saturated rings. The van der Waals surface area contributed by atoms with Gasteiger partial charge in [-0.05, 0) is 58.2 Å². The van der Waals surface area contributed by atoms with Crippen molar-refractivity contribution >= 4 is 12.4 Å². The Kier molecular flexibility index (Phi) is 4.82. The van der Waals surface area contributed by atoms with Gasteiger partial charge < -0.3 is 9.53 Å². The highest BCUT2D eigenvalue weighted by molar-refractivity contribution is 5.78. The maximum Gasteiger partial charge on any atom is 0.411 e. The van der Waals surface area contributed by atoms with E-state index in [0.29, 0.717) is 0 Å². The topological polar surface area (TPSA) is 46.6 Å². The fourth-order valence-corrected chi connectivity index (χ4v) is 2.14. The number of ether oxygens (including phenoxy) is 1. The third-order valence-corrected chi connectivity index (χ3v) is 3.74. The van der Waals surface area contributed by atoms with Gasteiger partial charge in [0.15, 0.2) is 0 Å². The van der Waals surface area contributed by atoms with Gasteiger partial charge in [0.2, 0.25) is 0 Å². The van der Waals surface area contributed by atoms with Crippen LogP contribution in [0.15, 0.2) is 18.2 Å². The second-order valence-corrected chi connectivity index (χ2v) is 6.55. The zero-order valence-corrected chi connectivity index (χ0v) is 14.0. The largest absolute Gasteiger partial charge is 0.444 e. The molecule has 4 heteroatoms. The lowest BCUT2D eigenvalue weighted by Crippen LogP contribution is -2.48. The smallest absolute Gasteiger partial charge is 0.411 e. The first kappa shape index (κ1) is 17.2. The molecule has 116 valence electrons. The zero-order chi connectivity index (χ0) is 16.4. The molecule has 1 aromatic carbocycles. The molecule has 1 amide bonds. The lowest BCUT2D eigenvalue weighted by Gasteiger charge is -2.36. The van der Waals surface area contributed by atoms with Crippen LogP contribution in [0.4, 0.5) is 4.79 Å². The molecule has 0 heterocycles. The molecule has 1 aromatic rings. The van der Waals surface area contributed by atoms with Crippen molar-refractivity contribution in [3.8, 4) is 0 Å². The number of rotatable bonds is 3. The molecule has 0 aromatic heterocycles. The normalized spacial score (nSPS) is 14.2. The Labute approximate surface area is 127 Å². The van der Waals surface area contributed by atoms with Crippen LogP contribution in [0, 0.1) is 13.8 Å². The molecule has 0 aliphatic heterocycles. The molecule has 0 bridgehead atoms. The summed E-state index contributed by atoms with van der Waals surface area (Å²) < 4.78 is 5.37. The van der Waals surface area contributed by atoms with E-state index >= 15 is 0 Å². The Bertz CT molecular complexity index is 545. The van der Waals surface area contributed by atoms with E-state index in [4.69, 9.17) is 4.74 Å². The number of aryl methyl sites for hydroxylation is 1. The molecule has 0 spiro atoms. The number of carbonyl (C=O) groups is 2. The Hall–Kier alpha value is -1.84. The number of hydrogen-bond donors (Lipinski definition) is 0. The van der Waals surface area contributed by atoms with Crippen LogP contribution in [-0.2, 0) is 15.1 Å². The predicted molar refractivity (Wildman–Crippen MR) is 83.3 cm³/mol. The monoisotopic (exact) mass is 291 g/mol. The highest BCUT2D eigenvalue weighted by Gasteiger charge is 2.37. The van der Waals surface area contributed by atoms with E-state index in [0.717, 1.165) is 23.0 Å². The number of likely N-dealkylation sites (N-methyl/N-ethyl adjacent to an activating group) is 1. The molecule has 0 N–H and O–H groups in total. The van der Waals surface area contributed by atoms with Gasteiger partial charge in [0.05, 0.1) is 0 Å². The molecule has 0 aliphatic rings. The van der Waals surface area contributed by atoms with Crippen molar-refractivity contribution in [2.45, 2.75) is 52.7 Å². The summed E-state index contributed by atoms with van der Waals surface area (Å²) in [5.41, 5.74) is 1.24. The van der Waals surface area contributed by atoms with Gasteiger partial charge in [-0.15, -0.1) is 0 Å². The maximum atomic E-state index is 12.3. The van der Waals surface area contributed by atoms with Gasteiger partial charge in [0.1, 0.15) is 17.4 Å². The summed E-state index contributed by atoms with van der Waals surface area (Å²) in [5, 5.41) is 0. The van der Waals surface area contributed by atoms with Gasteiger partial charge in [-0.2, -0.15) is 0 Å². The Balaban J connectivity index is 3.23. The number of amides is 1. The summed E-state index contributed by atoms with van der Waals surface area (Å²) in [6.07, 6.45) is 0.275. The number of aldehydes is 1. The van der Waals surface area contributed by atoms with Crippen LogP contribution in [0.5, 0.6) is 0 Å². The van der Waals surface area contributed by atoms with Gasteiger partial charge in [0.25, 0.3) is 0 Å². The molecule has 0 saturated carbocycles. The number of nitrogens with zero attached hydrogens (tertiary/aromatic N) is 1. The van der Waals surface area contributed by atoms with Crippen molar-refractivity contribution in [1.82, 2.24) is 4.90 Å². The van der Waals surface area contributed by atoms with Crippen LogP contribution in [0.2, 0.25) is 0 Å². The minimum atomic E-state index is -1.06. The molecule has 0 radical (unpaired) electrons. The molecule has 1 unspecified atom stereocenters. The van der Waals surface area contributed by atoms with E-state index in [1.807, 2.05) is 32.0 Å². The summed E-state index contributed by atoms with van der Waals surface area (Å²) in [7, 11) is 1.59. The first-order valence-corrected chi connectivity index (χ1v) is 7.03. The van der Waals surface area contributed by atoms with Crippen molar-refractivity contribution in [2.24, 2.45) is 0 Å². The van der Waals surface area contributed by atoms with Crippen molar-refractivity contribution in [3.05, 3.63) is 34.9 Å². The highest BCUT2D eigenvalue weighted by atomic mass is 16.6. The average Bonchev–Trinajstić information content (AvgIpc) is 2.38. The first-order valence-electron chi connectivity index (χ1n) is 7.03. The fraction of sp³-hybridized carbons (Fsp3) is 0.529. The molecule has 1 rings (SSSR count). The number of benzene rings is 1. The minimum Gasteiger partial charge on any atom is -0.444 e. The Morgan fingerprint density at radius 2 is 1.76 bits per heavy atom. The van der Waals surface area contributed by atoms with E-state index in [1.54, 1.807) is 34.7 Å². The summed E-state index contributed by atoms with van der Waals surface area (Å²) in [4.78, 5) is 25.4. The first-order chi connectivity index (χ1) is 9.53. The summed E-state index contributed by atoms with van der Waals surface area (Å²) in [6, 6.07) is 5.75. The molecule has 0 aliphatic carbocycles. The standard InChI is InChI=1S/C17H25NO3/c1-12-9-8-10-14(13(12)2)17(6,11-19)18(7)15(20)21-16(3,4)5/h8-11H,1-7H3. The minimum absolute atomic E-state index is 0.516. The number of carbonyl (C=O) groups excluding carboxylic acids is 2. The molecular formula is C17H25NO3. The third-order valence-electron chi connectivity index (χ3n) is 3.74. The molecule has 21 heavy (non-hydrogen) atoms. The second kappa shape index (κ2) is 5.88. The van der Waals surface area contributed by atoms with Gasteiger partial charge in [0, 0.05) is 7.05 Å². The van der Waals surface area contributed by atoms with Gasteiger partial charge in [-0.1, -0.05) is 18.2 Å². The number of hydrogen-bond acceptors (Lipinski definition) is 3. The lowest BCUT2D eigenvalue weighted by atomic mass is 9.87. The van der Waals surface area contributed by atoms with Crippen molar-refractivity contribution < 1.29 is 14.3 Å². The summed E-state index contributed by atoms with van der Waals surface area (Å²) in [5.74, 6) is 0. The predicted octanol–water partition coefficient (Wildman–Crippen LogP) is 3.58. The summed E-state index contributed by atoms with van der Waals surface area (Å²) in [6.45, 7) is 11.1. The van der Waals surface area contributed by atoms with Crippen LogP contribution in [-0.4, -0.2) is 29.9 Å².